The van der Waals surface area contributed by atoms with E-state index in [-0.39, 0.29) is 36.9 Å². The maximum absolute atomic E-state index is 14.2. The number of amides is 4. The Bertz CT molecular complexity index is 1250. The third-order valence-corrected chi connectivity index (χ3v) is 9.44. The molecule has 0 aromatic carbocycles. The summed E-state index contributed by atoms with van der Waals surface area (Å²) in [5.74, 6) is -0.321. The number of halogens is 1. The van der Waals surface area contributed by atoms with Gasteiger partial charge in [-0.2, -0.15) is 0 Å². The van der Waals surface area contributed by atoms with Crippen molar-refractivity contribution < 1.29 is 28.7 Å². The number of nitrogens with zero attached hydrogens (tertiary/aromatic N) is 4. The Hall–Kier alpha value is -3.18. The third-order valence-electron chi connectivity index (χ3n) is 9.23. The van der Waals surface area contributed by atoms with Gasteiger partial charge in [0.1, 0.15) is 18.2 Å². The van der Waals surface area contributed by atoms with E-state index in [1.54, 1.807) is 20.2 Å². The molecule has 3 fully saturated rings. The van der Waals surface area contributed by atoms with Crippen molar-refractivity contribution in [2.75, 3.05) is 40.4 Å². The molecule has 4 amide bonds. The third kappa shape index (κ3) is 8.10. The fourth-order valence-electron chi connectivity index (χ4n) is 5.93. The van der Waals surface area contributed by atoms with Gasteiger partial charge in [-0.15, -0.1) is 0 Å². The molecule has 1 aromatic rings. The van der Waals surface area contributed by atoms with E-state index in [2.05, 4.69) is 10.3 Å². The molecule has 2 unspecified atom stereocenters. The van der Waals surface area contributed by atoms with Crippen molar-refractivity contribution in [2.45, 2.75) is 88.4 Å². The first-order valence-electron chi connectivity index (χ1n) is 15.8. The Morgan fingerprint density at radius 2 is 1.95 bits per heavy atom. The Balaban J connectivity index is 1.38. The van der Waals surface area contributed by atoms with E-state index >= 15 is 0 Å². The minimum absolute atomic E-state index is 0.0705. The average molecular weight is 630 g/mol. The average Bonchev–Trinajstić information content (AvgIpc) is 3.68. The molecule has 0 spiro atoms. The van der Waals surface area contributed by atoms with Gasteiger partial charge in [-0.1, -0.05) is 23.8 Å². The van der Waals surface area contributed by atoms with Crippen LogP contribution >= 0.6 is 11.6 Å². The number of hydrogen-bond acceptors (Lipinski definition) is 7. The van der Waals surface area contributed by atoms with Crippen molar-refractivity contribution in [3.63, 3.8) is 0 Å². The van der Waals surface area contributed by atoms with E-state index in [1.807, 2.05) is 17.1 Å². The summed E-state index contributed by atoms with van der Waals surface area (Å²) in [5.41, 5.74) is 0.647. The van der Waals surface area contributed by atoms with Crippen molar-refractivity contribution in [1.29, 1.82) is 0 Å². The van der Waals surface area contributed by atoms with Gasteiger partial charge in [0, 0.05) is 45.2 Å². The van der Waals surface area contributed by atoms with Crippen LogP contribution in [0.25, 0.3) is 0 Å². The van der Waals surface area contributed by atoms with E-state index in [0.29, 0.717) is 55.0 Å². The lowest BCUT2D eigenvalue weighted by atomic mass is 9.96. The first-order valence-corrected chi connectivity index (χ1v) is 16.2. The predicted octanol–water partition coefficient (Wildman–Crippen LogP) is 2.75. The molecule has 2 aliphatic carbocycles. The van der Waals surface area contributed by atoms with Gasteiger partial charge in [-0.25, -0.2) is 4.98 Å². The standard InChI is InChI=1S/C32H44ClN5O6/c1-36(28(39)15-21-11-12-21)26-10-3-4-14-43-20-24-7-6-13-38(24)32(42)27(37(2)29(40)19-34-30(26)41)17-22-16-23(33)18-35-31(22)44-25-8-5-9-25/h3-4,16,18,21,24-27H,5-15,17,19-20H2,1-2H3,(H,34,41)/b4-3+/t24?,26?,27-/m0/s1. The van der Waals surface area contributed by atoms with Gasteiger partial charge in [0.05, 0.1) is 30.8 Å². The largest absolute Gasteiger partial charge is 0.474 e. The van der Waals surface area contributed by atoms with Gasteiger partial charge >= 0.3 is 0 Å². The molecule has 0 bridgehead atoms. The molecule has 240 valence electrons. The molecule has 1 saturated heterocycles. The molecule has 0 radical (unpaired) electrons. The summed E-state index contributed by atoms with van der Waals surface area (Å²) < 4.78 is 12.1. The minimum atomic E-state index is -0.879. The highest BCUT2D eigenvalue weighted by molar-refractivity contribution is 6.30. The van der Waals surface area contributed by atoms with E-state index in [4.69, 9.17) is 21.1 Å². The number of pyridine rings is 1. The summed E-state index contributed by atoms with van der Waals surface area (Å²) in [5, 5.41) is 3.15. The van der Waals surface area contributed by atoms with Crippen LogP contribution in [0, 0.1) is 5.92 Å². The van der Waals surface area contributed by atoms with Crippen LogP contribution in [0.4, 0.5) is 0 Å². The number of rotatable bonds is 7. The number of carbonyl (C=O) groups is 4. The number of fused-ring (bicyclic) bond motifs is 1. The van der Waals surface area contributed by atoms with Gasteiger partial charge in [0.2, 0.25) is 29.5 Å². The molecule has 1 aromatic heterocycles. The predicted molar refractivity (Wildman–Crippen MR) is 164 cm³/mol. The molecule has 1 N–H and O–H groups in total. The fraction of sp³-hybridized carbons (Fsp3) is 0.656. The SMILES string of the molecule is CN(C(=O)CC1CC1)C1C/C=C/COCC2CCCN2C(=O)[C@H](Cc2cc(Cl)cnc2OC2CCC2)N(C)C(=O)CNC1=O. The van der Waals surface area contributed by atoms with Crippen molar-refractivity contribution >= 4 is 35.2 Å². The number of likely N-dealkylation sites (N-methyl/N-ethyl adjacent to an activating group) is 2. The minimum Gasteiger partial charge on any atom is -0.474 e. The quantitative estimate of drug-likeness (QED) is 0.461. The second-order valence-corrected chi connectivity index (χ2v) is 12.9. The van der Waals surface area contributed by atoms with Gasteiger partial charge in [-0.05, 0) is 63.4 Å². The van der Waals surface area contributed by atoms with Crippen molar-refractivity contribution in [3.05, 3.63) is 35.0 Å². The van der Waals surface area contributed by atoms with E-state index in [9.17, 15) is 19.2 Å². The Morgan fingerprint density at radius 1 is 1.16 bits per heavy atom. The smallest absolute Gasteiger partial charge is 0.246 e. The second-order valence-electron chi connectivity index (χ2n) is 12.5. The van der Waals surface area contributed by atoms with Crippen molar-refractivity contribution in [1.82, 2.24) is 25.0 Å². The zero-order valence-electron chi connectivity index (χ0n) is 25.7. The number of carbonyl (C=O) groups excluding carboxylic acids is 4. The van der Waals surface area contributed by atoms with Crippen LogP contribution in [0.3, 0.4) is 0 Å². The van der Waals surface area contributed by atoms with Gasteiger partial charge < -0.3 is 29.5 Å². The second kappa shape index (κ2) is 14.7. The first kappa shape index (κ1) is 32.2. The molecule has 12 heteroatoms. The molecule has 5 rings (SSSR count). The van der Waals surface area contributed by atoms with Crippen molar-refractivity contribution in [2.24, 2.45) is 5.92 Å². The molecule has 44 heavy (non-hydrogen) atoms. The van der Waals surface area contributed by atoms with Crippen LogP contribution < -0.4 is 10.1 Å². The fourth-order valence-corrected chi connectivity index (χ4v) is 6.11. The van der Waals surface area contributed by atoms with Crippen LogP contribution in [0.5, 0.6) is 5.88 Å². The summed E-state index contributed by atoms with van der Waals surface area (Å²) in [7, 11) is 3.22. The van der Waals surface area contributed by atoms with Gasteiger partial charge in [-0.3, -0.25) is 19.2 Å². The van der Waals surface area contributed by atoms with Crippen LogP contribution in [-0.2, 0) is 30.3 Å². The normalized spacial score (nSPS) is 26.5. The number of hydrogen-bond donors (Lipinski definition) is 1. The van der Waals surface area contributed by atoms with Crippen LogP contribution in [-0.4, -0.2) is 108 Å². The molecule has 3 heterocycles. The summed E-state index contributed by atoms with van der Waals surface area (Å²) in [6.45, 7) is 0.944. The molecule has 3 atom stereocenters. The Kier molecular flexibility index (Phi) is 10.8. The zero-order chi connectivity index (χ0) is 31.2. The van der Waals surface area contributed by atoms with Crippen LogP contribution in [0.15, 0.2) is 24.4 Å². The van der Waals surface area contributed by atoms with Crippen LogP contribution in [0.1, 0.15) is 63.4 Å². The number of nitrogens with one attached hydrogen (secondary N) is 1. The number of aromatic nitrogens is 1. The molecule has 4 aliphatic rings. The highest BCUT2D eigenvalue weighted by atomic mass is 35.5. The highest BCUT2D eigenvalue weighted by Crippen LogP contribution is 2.33. The Morgan fingerprint density at radius 3 is 2.68 bits per heavy atom. The first-order chi connectivity index (χ1) is 21.2. The monoisotopic (exact) mass is 629 g/mol. The van der Waals surface area contributed by atoms with E-state index in [0.717, 1.165) is 44.9 Å². The number of ether oxygens (including phenoxy) is 2. The maximum atomic E-state index is 14.2. The van der Waals surface area contributed by atoms with Crippen LogP contribution in [0.2, 0.25) is 5.02 Å². The van der Waals surface area contributed by atoms with Gasteiger partial charge in [0.15, 0.2) is 0 Å². The summed E-state index contributed by atoms with van der Waals surface area (Å²) in [4.78, 5) is 63.1. The van der Waals surface area contributed by atoms with Gasteiger partial charge in [0.25, 0.3) is 0 Å². The maximum Gasteiger partial charge on any atom is 0.246 e. The van der Waals surface area contributed by atoms with E-state index < -0.39 is 23.9 Å². The molecule has 11 nitrogen and oxygen atoms in total. The zero-order valence-corrected chi connectivity index (χ0v) is 26.5. The lowest BCUT2D eigenvalue weighted by molar-refractivity contribution is -0.146. The molecular formula is C32H44ClN5O6. The summed E-state index contributed by atoms with van der Waals surface area (Å²) >= 11 is 6.33. The Labute approximate surface area is 264 Å². The summed E-state index contributed by atoms with van der Waals surface area (Å²) in [6.07, 6.45) is 12.8. The topological polar surface area (TPSA) is 121 Å². The summed E-state index contributed by atoms with van der Waals surface area (Å²) in [6, 6.07) is -0.0210. The van der Waals surface area contributed by atoms with Crippen molar-refractivity contribution in [3.8, 4) is 5.88 Å². The molecule has 2 saturated carbocycles. The highest BCUT2D eigenvalue weighted by Gasteiger charge is 2.38. The lowest BCUT2D eigenvalue weighted by Crippen LogP contribution is -2.55. The molecule has 2 aliphatic heterocycles. The molecular weight excluding hydrogens is 586 g/mol. The lowest BCUT2D eigenvalue weighted by Gasteiger charge is -2.34. The van der Waals surface area contributed by atoms with E-state index in [1.165, 1.54) is 16.0 Å².